The molecule has 5 rings (SSSR count). The third-order valence-corrected chi connectivity index (χ3v) is 9.74. The first kappa shape index (κ1) is 38.0. The largest absolute Gasteiger partial charge is 0.480 e. The number of carbonyl (C=O) groups excluding carboxylic acids is 5. The molecule has 17 heteroatoms. The fraction of sp³-hybridized carbons (Fsp3) is 0.429. The number of aliphatic hydroxyl groups excluding tert-OH is 1. The number of aromatic amines is 1. The Morgan fingerprint density at radius 2 is 1.65 bits per heavy atom. The minimum absolute atomic E-state index is 0.000418. The number of H-pyrrole nitrogens is 1. The number of aliphatic carboxylic acids is 1. The summed E-state index contributed by atoms with van der Waals surface area (Å²) in [5, 5.41) is 34.5. The van der Waals surface area contributed by atoms with Crippen LogP contribution >= 0.6 is 11.8 Å². The Hall–Kier alpha value is -5.29. The first-order valence-corrected chi connectivity index (χ1v) is 17.8. The summed E-state index contributed by atoms with van der Waals surface area (Å²) < 4.78 is 10.8. The molecule has 2 aliphatic heterocycles. The summed E-state index contributed by atoms with van der Waals surface area (Å²) in [6.07, 6.45) is -1.33. The molecule has 0 aliphatic carbocycles. The van der Waals surface area contributed by atoms with E-state index in [1.54, 1.807) is 24.3 Å². The van der Waals surface area contributed by atoms with Crippen molar-refractivity contribution < 1.29 is 48.5 Å². The van der Waals surface area contributed by atoms with Gasteiger partial charge in [-0.3, -0.25) is 24.0 Å². The zero-order chi connectivity index (χ0) is 37.7. The van der Waals surface area contributed by atoms with Crippen LogP contribution in [0.2, 0.25) is 0 Å². The zero-order valence-electron chi connectivity index (χ0n) is 29.0. The summed E-state index contributed by atoms with van der Waals surface area (Å²) in [4.78, 5) is 83.4. The molecular weight excluding hydrogens is 696 g/mol. The van der Waals surface area contributed by atoms with E-state index in [2.05, 4.69) is 31.6 Å². The number of benzene rings is 2. The van der Waals surface area contributed by atoms with Crippen LogP contribution in [0.4, 0.5) is 0 Å². The Labute approximate surface area is 303 Å². The van der Waals surface area contributed by atoms with Crippen molar-refractivity contribution in [1.82, 2.24) is 31.6 Å². The molecule has 52 heavy (non-hydrogen) atoms. The van der Waals surface area contributed by atoms with Crippen molar-refractivity contribution >= 4 is 58.2 Å². The normalized spacial score (nSPS) is 23.7. The Balaban J connectivity index is 1.56. The molecule has 0 radical (unpaired) electrons. The summed E-state index contributed by atoms with van der Waals surface area (Å²) in [7, 11) is 0. The number of aromatic nitrogens is 1. The third kappa shape index (κ3) is 8.95. The molecule has 0 bridgehead atoms. The highest BCUT2D eigenvalue weighted by atomic mass is 32.2. The Bertz CT molecular complexity index is 1860. The summed E-state index contributed by atoms with van der Waals surface area (Å²) in [5.74, 6) is -4.56. The van der Waals surface area contributed by atoms with Crippen LogP contribution in [0.15, 0.2) is 47.5 Å². The fourth-order valence-electron chi connectivity index (χ4n) is 5.84. The van der Waals surface area contributed by atoms with Gasteiger partial charge < -0.3 is 51.3 Å². The second-order valence-electron chi connectivity index (χ2n) is 13.1. The third-order valence-electron chi connectivity index (χ3n) is 8.60. The van der Waals surface area contributed by atoms with Crippen LogP contribution in [0, 0.1) is 5.92 Å². The van der Waals surface area contributed by atoms with E-state index in [1.165, 1.54) is 26.0 Å². The lowest BCUT2D eigenvalue weighted by Crippen LogP contribution is -2.60. The van der Waals surface area contributed by atoms with Gasteiger partial charge >= 0.3 is 5.97 Å². The lowest BCUT2D eigenvalue weighted by atomic mass is 10.00. The van der Waals surface area contributed by atoms with E-state index in [9.17, 15) is 39.0 Å². The van der Waals surface area contributed by atoms with E-state index in [-0.39, 0.29) is 36.9 Å². The van der Waals surface area contributed by atoms with Crippen LogP contribution in [-0.2, 0) is 30.4 Å². The topological polar surface area (TPSA) is 237 Å². The fourth-order valence-corrected chi connectivity index (χ4v) is 6.94. The Kier molecular flexibility index (Phi) is 11.9. The van der Waals surface area contributed by atoms with E-state index in [4.69, 9.17) is 9.47 Å². The number of ether oxygens (including phenoxy) is 2. The first-order chi connectivity index (χ1) is 24.7. The number of hydrogen-bond donors (Lipinski definition) is 8. The number of aliphatic hydroxyl groups is 1. The molecule has 2 aromatic carbocycles. The SMILES string of the molecule is CC(C)C[C@@H]1NC(=O)[C@@H](NC(=O)c2ccc3c(c2)OCO3)Cc2c([nH]c3ccccc23)SC[C@@H](C(=O)O)NC(=O)[C@H]([C@@H](C)O)NC(=O)[C@@H](C)NC1=O. The number of para-hydroxylation sites is 1. The first-order valence-electron chi connectivity index (χ1n) is 16.8. The predicted molar refractivity (Wildman–Crippen MR) is 189 cm³/mol. The van der Waals surface area contributed by atoms with Gasteiger partial charge in [-0.1, -0.05) is 32.0 Å². The molecular formula is C35H42N6O10S. The number of rotatable bonds is 6. The summed E-state index contributed by atoms with van der Waals surface area (Å²) in [6, 6.07) is 5.19. The van der Waals surface area contributed by atoms with Gasteiger partial charge in [0.2, 0.25) is 30.4 Å². The van der Waals surface area contributed by atoms with E-state index < -0.39 is 71.8 Å². The minimum atomic E-state index is -1.54. The maximum Gasteiger partial charge on any atom is 0.327 e. The lowest BCUT2D eigenvalue weighted by molar-refractivity contribution is -0.142. The van der Waals surface area contributed by atoms with Crippen LogP contribution in [0.25, 0.3) is 10.9 Å². The number of carboxylic acid groups (broad SMARTS) is 1. The van der Waals surface area contributed by atoms with Crippen LogP contribution in [0.3, 0.4) is 0 Å². The lowest BCUT2D eigenvalue weighted by Gasteiger charge is -2.27. The number of amides is 5. The highest BCUT2D eigenvalue weighted by Crippen LogP contribution is 2.33. The van der Waals surface area contributed by atoms with Gasteiger partial charge in [0.05, 0.1) is 11.1 Å². The van der Waals surface area contributed by atoms with Crippen LogP contribution in [0.1, 0.15) is 50.0 Å². The molecule has 6 atom stereocenters. The van der Waals surface area contributed by atoms with Crippen LogP contribution in [0.5, 0.6) is 11.5 Å². The van der Waals surface area contributed by atoms with Crippen molar-refractivity contribution in [1.29, 1.82) is 0 Å². The molecule has 0 saturated carbocycles. The van der Waals surface area contributed by atoms with E-state index in [0.717, 1.165) is 11.8 Å². The van der Waals surface area contributed by atoms with Crippen LogP contribution in [-0.4, -0.2) is 99.6 Å². The summed E-state index contributed by atoms with van der Waals surface area (Å²) in [6.45, 7) is 6.33. The van der Waals surface area contributed by atoms with Gasteiger partial charge in [-0.05, 0) is 56.0 Å². The van der Waals surface area contributed by atoms with Gasteiger partial charge in [-0.2, -0.15) is 0 Å². The molecule has 16 nitrogen and oxygen atoms in total. The smallest absolute Gasteiger partial charge is 0.327 e. The number of nitrogens with one attached hydrogen (secondary N) is 6. The van der Waals surface area contributed by atoms with Gasteiger partial charge in [-0.15, -0.1) is 11.8 Å². The number of carboxylic acids is 1. The molecule has 1 aromatic heterocycles. The van der Waals surface area contributed by atoms with Gasteiger partial charge in [-0.25, -0.2) is 4.79 Å². The molecule has 0 spiro atoms. The Morgan fingerprint density at radius 1 is 0.923 bits per heavy atom. The standard InChI is InChI=1S/C35H42N6O10S/c1-16(2)11-23-31(45)36-17(3)29(43)41-28(18(4)42)33(47)39-25(35(48)49)14-52-34-21(20-7-5-6-8-22(20)40-34)13-24(32(46)38-23)37-30(44)19-9-10-26-27(12-19)51-15-50-26/h5-10,12,16-18,23-25,28,40,42H,11,13-15H2,1-4H3,(H,36,45)(H,37,44)(H,38,46)(H,39,47)(H,41,43)(H,48,49)/t17-,18-,23+,24+,25+,28+/m1/s1. The molecule has 278 valence electrons. The molecule has 3 heterocycles. The van der Waals surface area contributed by atoms with E-state index in [1.807, 2.05) is 19.9 Å². The highest BCUT2D eigenvalue weighted by Gasteiger charge is 2.34. The second-order valence-corrected chi connectivity index (χ2v) is 14.2. The van der Waals surface area contributed by atoms with Gasteiger partial charge in [0.15, 0.2) is 11.5 Å². The minimum Gasteiger partial charge on any atom is -0.480 e. The van der Waals surface area contributed by atoms with Crippen molar-refractivity contribution in [3.05, 3.63) is 53.6 Å². The molecule has 8 N–H and O–H groups in total. The van der Waals surface area contributed by atoms with E-state index >= 15 is 0 Å². The monoisotopic (exact) mass is 738 g/mol. The molecule has 3 aromatic rings. The number of hydrogen-bond acceptors (Lipinski definition) is 10. The molecule has 0 saturated heterocycles. The maximum atomic E-state index is 14.2. The van der Waals surface area contributed by atoms with Gasteiger partial charge in [0.1, 0.15) is 30.2 Å². The van der Waals surface area contributed by atoms with E-state index in [0.29, 0.717) is 33.0 Å². The average Bonchev–Trinajstić information content (AvgIpc) is 3.71. The average molecular weight is 739 g/mol. The summed E-state index contributed by atoms with van der Waals surface area (Å²) >= 11 is 1.07. The quantitative estimate of drug-likeness (QED) is 0.176. The summed E-state index contributed by atoms with van der Waals surface area (Å²) in [5.41, 5.74) is 1.44. The number of thioether (sulfide) groups is 1. The molecule has 2 aliphatic rings. The predicted octanol–water partition coefficient (Wildman–Crippen LogP) is 0.814. The Morgan fingerprint density at radius 3 is 2.37 bits per heavy atom. The van der Waals surface area contributed by atoms with Crippen molar-refractivity contribution in [3.8, 4) is 11.5 Å². The highest BCUT2D eigenvalue weighted by molar-refractivity contribution is 7.99. The molecule has 0 unspecified atom stereocenters. The molecule has 5 amide bonds. The van der Waals surface area contributed by atoms with Crippen molar-refractivity contribution in [2.75, 3.05) is 12.5 Å². The number of carbonyl (C=O) groups is 6. The van der Waals surface area contributed by atoms with Crippen LogP contribution < -0.4 is 36.1 Å². The van der Waals surface area contributed by atoms with Crippen molar-refractivity contribution in [3.63, 3.8) is 0 Å². The van der Waals surface area contributed by atoms with Crippen molar-refractivity contribution in [2.45, 2.75) is 81.9 Å². The zero-order valence-corrected chi connectivity index (χ0v) is 29.8. The maximum absolute atomic E-state index is 14.2. The second kappa shape index (κ2) is 16.4. The number of fused-ring (bicyclic) bond motifs is 4. The van der Waals surface area contributed by atoms with Gasteiger partial charge in [0.25, 0.3) is 5.91 Å². The van der Waals surface area contributed by atoms with Crippen molar-refractivity contribution in [2.24, 2.45) is 5.92 Å². The van der Waals surface area contributed by atoms with Gasteiger partial charge in [0, 0.05) is 28.6 Å². The molecule has 0 fully saturated rings.